The van der Waals surface area contributed by atoms with Crippen LogP contribution in [0.4, 0.5) is 15.8 Å². The standard InChI is InChI=1S/C15H21FN2O2/c1-3-11-7-9-12(10-8-11)17(2)14-6-4-5-13(16)15(14)18(19)20/h4-6,11-12H,3,7-10H2,1-2H3. The molecule has 0 heterocycles. The molecule has 5 heteroatoms. The van der Waals surface area contributed by atoms with E-state index in [0.29, 0.717) is 5.69 Å². The average Bonchev–Trinajstić information content (AvgIpc) is 2.46. The van der Waals surface area contributed by atoms with Crippen molar-refractivity contribution in [3.63, 3.8) is 0 Å². The van der Waals surface area contributed by atoms with Crippen molar-refractivity contribution in [2.45, 2.75) is 45.1 Å². The van der Waals surface area contributed by atoms with E-state index < -0.39 is 16.4 Å². The number of hydrogen-bond acceptors (Lipinski definition) is 3. The predicted octanol–water partition coefficient (Wildman–Crippen LogP) is 4.14. The van der Waals surface area contributed by atoms with Gasteiger partial charge in [0.15, 0.2) is 0 Å². The number of nitro groups is 1. The number of nitro benzene ring substituents is 1. The Morgan fingerprint density at radius 2 is 2.00 bits per heavy atom. The highest BCUT2D eigenvalue weighted by Gasteiger charge is 2.28. The van der Waals surface area contributed by atoms with E-state index >= 15 is 0 Å². The van der Waals surface area contributed by atoms with Crippen LogP contribution in [0.15, 0.2) is 18.2 Å². The fraction of sp³-hybridized carbons (Fsp3) is 0.600. The lowest BCUT2D eigenvalue weighted by Gasteiger charge is -2.35. The van der Waals surface area contributed by atoms with Gasteiger partial charge in [-0.2, -0.15) is 4.39 Å². The van der Waals surface area contributed by atoms with Crippen LogP contribution in [0.2, 0.25) is 0 Å². The summed E-state index contributed by atoms with van der Waals surface area (Å²) >= 11 is 0. The quantitative estimate of drug-likeness (QED) is 0.615. The van der Waals surface area contributed by atoms with Gasteiger partial charge in [0.25, 0.3) is 0 Å². The van der Waals surface area contributed by atoms with Gasteiger partial charge in [-0.3, -0.25) is 10.1 Å². The van der Waals surface area contributed by atoms with Crippen molar-refractivity contribution in [1.82, 2.24) is 0 Å². The summed E-state index contributed by atoms with van der Waals surface area (Å²) in [5.74, 6) is 0.00346. The molecule has 4 nitrogen and oxygen atoms in total. The lowest BCUT2D eigenvalue weighted by molar-refractivity contribution is -0.386. The predicted molar refractivity (Wildman–Crippen MR) is 77.5 cm³/mol. The zero-order valence-electron chi connectivity index (χ0n) is 12.0. The fourth-order valence-electron chi connectivity index (χ4n) is 3.11. The molecule has 1 aromatic carbocycles. The summed E-state index contributed by atoms with van der Waals surface area (Å²) in [6.45, 7) is 2.20. The lowest BCUT2D eigenvalue weighted by atomic mass is 9.84. The van der Waals surface area contributed by atoms with Crippen molar-refractivity contribution in [2.24, 2.45) is 5.92 Å². The number of hydrogen-bond donors (Lipinski definition) is 0. The highest BCUT2D eigenvalue weighted by atomic mass is 19.1. The van der Waals surface area contributed by atoms with Crippen LogP contribution in [0, 0.1) is 21.8 Å². The molecule has 0 atom stereocenters. The van der Waals surface area contributed by atoms with Crippen molar-refractivity contribution in [2.75, 3.05) is 11.9 Å². The molecule has 0 aromatic heterocycles. The zero-order chi connectivity index (χ0) is 14.7. The van der Waals surface area contributed by atoms with Crippen molar-refractivity contribution < 1.29 is 9.31 Å². The fourth-order valence-corrected chi connectivity index (χ4v) is 3.11. The average molecular weight is 280 g/mol. The van der Waals surface area contributed by atoms with Crippen molar-refractivity contribution in [1.29, 1.82) is 0 Å². The van der Waals surface area contributed by atoms with E-state index in [1.807, 2.05) is 11.9 Å². The Hall–Kier alpha value is -1.65. The Labute approximate surface area is 118 Å². The topological polar surface area (TPSA) is 46.4 Å². The Bertz CT molecular complexity index is 485. The van der Waals surface area contributed by atoms with Crippen LogP contribution in [-0.4, -0.2) is 18.0 Å². The molecule has 1 aliphatic carbocycles. The summed E-state index contributed by atoms with van der Waals surface area (Å²) in [4.78, 5) is 12.3. The third-order valence-electron chi connectivity index (χ3n) is 4.47. The molecular formula is C15H21FN2O2. The summed E-state index contributed by atoms with van der Waals surface area (Å²) in [5.41, 5.74) is -0.0254. The van der Waals surface area contributed by atoms with Crippen LogP contribution in [0.5, 0.6) is 0 Å². The molecular weight excluding hydrogens is 259 g/mol. The van der Waals surface area contributed by atoms with Gasteiger partial charge in [0.1, 0.15) is 5.69 Å². The minimum atomic E-state index is -0.762. The normalized spacial score (nSPS) is 22.6. The van der Waals surface area contributed by atoms with Gasteiger partial charge in [0.05, 0.1) is 4.92 Å². The number of para-hydroxylation sites is 1. The second kappa shape index (κ2) is 6.20. The van der Waals surface area contributed by atoms with Gasteiger partial charge in [-0.15, -0.1) is 0 Å². The second-order valence-electron chi connectivity index (χ2n) is 5.56. The van der Waals surface area contributed by atoms with Crippen molar-refractivity contribution >= 4 is 11.4 Å². The Morgan fingerprint density at radius 3 is 2.55 bits per heavy atom. The molecule has 0 aliphatic heterocycles. The van der Waals surface area contributed by atoms with E-state index in [4.69, 9.17) is 0 Å². The van der Waals surface area contributed by atoms with Crippen LogP contribution in [0.3, 0.4) is 0 Å². The number of anilines is 1. The molecule has 0 radical (unpaired) electrons. The van der Waals surface area contributed by atoms with Crippen LogP contribution in [-0.2, 0) is 0 Å². The summed E-state index contributed by atoms with van der Waals surface area (Å²) < 4.78 is 13.7. The second-order valence-corrected chi connectivity index (χ2v) is 5.56. The van der Waals surface area contributed by atoms with Gasteiger partial charge in [0, 0.05) is 13.1 Å². The van der Waals surface area contributed by atoms with Crippen LogP contribution < -0.4 is 4.90 Å². The van der Waals surface area contributed by atoms with E-state index in [2.05, 4.69) is 6.92 Å². The number of nitrogens with zero attached hydrogens (tertiary/aromatic N) is 2. The van der Waals surface area contributed by atoms with Gasteiger partial charge in [-0.25, -0.2) is 0 Å². The molecule has 1 aromatic rings. The largest absolute Gasteiger partial charge is 0.366 e. The molecule has 0 bridgehead atoms. The summed E-state index contributed by atoms with van der Waals surface area (Å²) in [7, 11) is 1.83. The van der Waals surface area contributed by atoms with Crippen molar-refractivity contribution in [3.05, 3.63) is 34.1 Å². The number of rotatable bonds is 4. The third-order valence-corrected chi connectivity index (χ3v) is 4.47. The maximum absolute atomic E-state index is 13.7. The molecule has 0 spiro atoms. The Balaban J connectivity index is 2.20. The molecule has 0 unspecified atom stereocenters. The van der Waals surface area contributed by atoms with Gasteiger partial charge in [-0.05, 0) is 43.7 Å². The monoisotopic (exact) mass is 280 g/mol. The minimum Gasteiger partial charge on any atom is -0.366 e. The van der Waals surface area contributed by atoms with E-state index in [0.717, 1.165) is 37.7 Å². The minimum absolute atomic E-state index is 0.262. The number of halogens is 1. The van der Waals surface area contributed by atoms with Crippen molar-refractivity contribution in [3.8, 4) is 0 Å². The molecule has 110 valence electrons. The van der Waals surface area contributed by atoms with E-state index in [1.54, 1.807) is 6.07 Å². The molecule has 1 fully saturated rings. The molecule has 20 heavy (non-hydrogen) atoms. The molecule has 0 amide bonds. The molecule has 1 aliphatic rings. The lowest BCUT2D eigenvalue weighted by Crippen LogP contribution is -2.35. The first-order valence-corrected chi connectivity index (χ1v) is 7.20. The number of benzene rings is 1. The van der Waals surface area contributed by atoms with Gasteiger partial charge >= 0.3 is 5.69 Å². The summed E-state index contributed by atoms with van der Waals surface area (Å²) in [6.07, 6.45) is 5.52. The van der Waals surface area contributed by atoms with Crippen LogP contribution in [0.25, 0.3) is 0 Å². The van der Waals surface area contributed by atoms with E-state index in [1.165, 1.54) is 12.5 Å². The molecule has 0 N–H and O–H groups in total. The first kappa shape index (κ1) is 14.8. The molecule has 1 saturated carbocycles. The highest BCUT2D eigenvalue weighted by molar-refractivity contribution is 5.63. The van der Waals surface area contributed by atoms with Gasteiger partial charge < -0.3 is 4.90 Å². The van der Waals surface area contributed by atoms with Crippen LogP contribution in [0.1, 0.15) is 39.0 Å². The zero-order valence-corrected chi connectivity index (χ0v) is 12.0. The maximum atomic E-state index is 13.7. The molecule has 2 rings (SSSR count). The molecule has 0 saturated heterocycles. The first-order valence-electron chi connectivity index (χ1n) is 7.20. The van der Waals surface area contributed by atoms with E-state index in [9.17, 15) is 14.5 Å². The smallest absolute Gasteiger partial charge is 0.327 e. The SMILES string of the molecule is CCC1CCC(N(C)c2cccc(F)c2[N+](=O)[O-])CC1. The first-order chi connectivity index (χ1) is 9.54. The van der Waals surface area contributed by atoms with Crippen LogP contribution >= 0.6 is 0 Å². The van der Waals surface area contributed by atoms with Gasteiger partial charge in [-0.1, -0.05) is 19.4 Å². The van der Waals surface area contributed by atoms with E-state index in [-0.39, 0.29) is 6.04 Å². The Morgan fingerprint density at radius 1 is 1.35 bits per heavy atom. The Kier molecular flexibility index (Phi) is 4.57. The summed E-state index contributed by atoms with van der Waals surface area (Å²) in [5, 5.41) is 11.1. The highest BCUT2D eigenvalue weighted by Crippen LogP contribution is 2.36. The summed E-state index contributed by atoms with van der Waals surface area (Å²) in [6, 6.07) is 4.57. The third kappa shape index (κ3) is 2.92. The van der Waals surface area contributed by atoms with Gasteiger partial charge in [0.2, 0.25) is 5.82 Å². The maximum Gasteiger partial charge on any atom is 0.327 e.